The summed E-state index contributed by atoms with van der Waals surface area (Å²) in [6.07, 6.45) is 4.88. The molecule has 9 heteroatoms. The predicted octanol–water partition coefficient (Wildman–Crippen LogP) is 3.84. The van der Waals surface area contributed by atoms with E-state index in [4.69, 9.17) is 21.3 Å². The van der Waals surface area contributed by atoms with Crippen LogP contribution in [0.4, 0.5) is 0 Å². The Hall–Kier alpha value is -1.55. The molecule has 0 radical (unpaired) electrons. The van der Waals surface area contributed by atoms with Crippen LogP contribution in [0.15, 0.2) is 29.3 Å². The van der Waals surface area contributed by atoms with E-state index in [-0.39, 0.29) is 30.1 Å². The molecule has 0 bridgehead atoms. The Morgan fingerprint density at radius 1 is 1.28 bits per heavy atom. The van der Waals surface area contributed by atoms with E-state index in [0.29, 0.717) is 24.2 Å². The van der Waals surface area contributed by atoms with Crippen LogP contribution in [-0.4, -0.2) is 39.4 Å². The van der Waals surface area contributed by atoms with Gasteiger partial charge in [0.15, 0.2) is 11.8 Å². The van der Waals surface area contributed by atoms with Crippen LogP contribution in [0.3, 0.4) is 0 Å². The molecule has 1 aliphatic carbocycles. The third kappa shape index (κ3) is 7.33. The molecule has 2 N–H and O–H groups in total. The molecule has 1 fully saturated rings. The number of aliphatic imine (C=N–C) groups is 1. The second-order valence-electron chi connectivity index (χ2n) is 7.28. The number of halogens is 2. The van der Waals surface area contributed by atoms with Crippen molar-refractivity contribution >= 4 is 41.5 Å². The van der Waals surface area contributed by atoms with Gasteiger partial charge in [-0.1, -0.05) is 24.4 Å². The van der Waals surface area contributed by atoms with Crippen LogP contribution in [0, 0.1) is 6.92 Å². The molecule has 1 aromatic carbocycles. The Balaban J connectivity index is 0.00000300. The number of benzene rings is 1. The Morgan fingerprint density at radius 3 is 2.59 bits per heavy atom. The highest BCUT2D eigenvalue weighted by Crippen LogP contribution is 2.18. The van der Waals surface area contributed by atoms with Gasteiger partial charge in [0, 0.05) is 18.1 Å². The molecule has 7 nitrogen and oxygen atoms in total. The van der Waals surface area contributed by atoms with Gasteiger partial charge in [0.1, 0.15) is 24.2 Å². The smallest absolute Gasteiger partial charge is 0.192 e. The summed E-state index contributed by atoms with van der Waals surface area (Å²) < 4.78 is 7.91. The zero-order valence-electron chi connectivity index (χ0n) is 17.2. The molecule has 160 valence electrons. The summed E-state index contributed by atoms with van der Waals surface area (Å²) in [5.74, 6) is 3.32. The fourth-order valence-corrected chi connectivity index (χ4v) is 3.31. The molecular formula is C20H30ClIN6O. The van der Waals surface area contributed by atoms with Crippen LogP contribution in [0.5, 0.6) is 5.75 Å². The van der Waals surface area contributed by atoms with Gasteiger partial charge in [-0.25, -0.2) is 4.99 Å². The van der Waals surface area contributed by atoms with E-state index in [9.17, 15) is 0 Å². The standard InChI is InChI=1S/C20H29ClN6O.HI/c1-14(28-18-10-8-16(21)9-11-18)12-22-20(24-17-6-4-5-7-17)23-13-19-26-25-15(2)27(19)3;/h8-11,14,17H,4-7,12-13H2,1-3H3,(H2,22,23,24);1H. The number of aryl methyl sites for hydroxylation is 1. The highest BCUT2D eigenvalue weighted by molar-refractivity contribution is 14.0. The van der Waals surface area contributed by atoms with Crippen molar-refractivity contribution < 1.29 is 4.74 Å². The number of hydrogen-bond acceptors (Lipinski definition) is 4. The Labute approximate surface area is 194 Å². The Morgan fingerprint density at radius 2 is 1.97 bits per heavy atom. The molecule has 0 saturated heterocycles. The normalized spacial score (nSPS) is 15.7. The SMILES string of the molecule is Cc1nnc(CN=C(NCC(C)Oc2ccc(Cl)cc2)NC2CCCC2)n1C.I. The van der Waals surface area contributed by atoms with E-state index in [1.165, 1.54) is 25.7 Å². The van der Waals surface area contributed by atoms with Crippen molar-refractivity contribution in [2.45, 2.75) is 58.2 Å². The zero-order valence-corrected chi connectivity index (χ0v) is 20.3. The molecule has 1 atom stereocenters. The van der Waals surface area contributed by atoms with Gasteiger partial charge in [0.2, 0.25) is 0 Å². The number of hydrogen-bond donors (Lipinski definition) is 2. The molecule has 1 aliphatic rings. The van der Waals surface area contributed by atoms with E-state index in [1.54, 1.807) is 0 Å². The van der Waals surface area contributed by atoms with Gasteiger partial charge < -0.3 is 19.9 Å². The molecule has 3 rings (SSSR count). The maximum Gasteiger partial charge on any atom is 0.192 e. The topological polar surface area (TPSA) is 76.4 Å². The van der Waals surface area contributed by atoms with Crippen molar-refractivity contribution in [2.24, 2.45) is 12.0 Å². The van der Waals surface area contributed by atoms with Crippen LogP contribution in [0.2, 0.25) is 5.02 Å². The first-order valence-corrected chi connectivity index (χ1v) is 10.2. The fourth-order valence-electron chi connectivity index (χ4n) is 3.18. The second kappa shape index (κ2) is 11.6. The summed E-state index contributed by atoms with van der Waals surface area (Å²) in [6, 6.07) is 7.88. The average molecular weight is 533 g/mol. The van der Waals surface area contributed by atoms with Crippen molar-refractivity contribution in [1.82, 2.24) is 25.4 Å². The highest BCUT2D eigenvalue weighted by Gasteiger charge is 2.17. The average Bonchev–Trinajstić information content (AvgIpc) is 3.30. The lowest BCUT2D eigenvalue weighted by atomic mass is 10.2. The van der Waals surface area contributed by atoms with E-state index in [1.807, 2.05) is 49.7 Å². The number of nitrogens with zero attached hydrogens (tertiary/aromatic N) is 4. The lowest BCUT2D eigenvalue weighted by Gasteiger charge is -2.20. The summed E-state index contributed by atoms with van der Waals surface area (Å²) in [6.45, 7) is 5.08. The molecule has 2 aromatic rings. The third-order valence-electron chi connectivity index (χ3n) is 4.97. The first-order valence-electron chi connectivity index (χ1n) is 9.83. The molecule has 1 heterocycles. The monoisotopic (exact) mass is 532 g/mol. The summed E-state index contributed by atoms with van der Waals surface area (Å²) >= 11 is 5.93. The third-order valence-corrected chi connectivity index (χ3v) is 5.22. The van der Waals surface area contributed by atoms with Gasteiger partial charge in [-0.15, -0.1) is 34.2 Å². The van der Waals surface area contributed by atoms with Crippen molar-refractivity contribution in [3.63, 3.8) is 0 Å². The van der Waals surface area contributed by atoms with E-state index in [0.717, 1.165) is 23.4 Å². The molecule has 1 aromatic heterocycles. The minimum atomic E-state index is -0.0196. The summed E-state index contributed by atoms with van der Waals surface area (Å²) in [4.78, 5) is 4.72. The second-order valence-corrected chi connectivity index (χ2v) is 7.71. The van der Waals surface area contributed by atoms with Crippen LogP contribution < -0.4 is 15.4 Å². The van der Waals surface area contributed by atoms with Gasteiger partial charge in [-0.05, 0) is 51.0 Å². The molecule has 29 heavy (non-hydrogen) atoms. The van der Waals surface area contributed by atoms with E-state index < -0.39 is 0 Å². The molecule has 0 spiro atoms. The molecule has 1 saturated carbocycles. The van der Waals surface area contributed by atoms with Gasteiger partial charge in [-0.2, -0.15) is 0 Å². The van der Waals surface area contributed by atoms with Crippen molar-refractivity contribution in [3.8, 4) is 5.75 Å². The maximum atomic E-state index is 5.94. The zero-order chi connectivity index (χ0) is 19.9. The van der Waals surface area contributed by atoms with Gasteiger partial charge in [0.25, 0.3) is 0 Å². The van der Waals surface area contributed by atoms with Crippen molar-refractivity contribution in [1.29, 1.82) is 0 Å². The summed E-state index contributed by atoms with van der Waals surface area (Å²) in [5.41, 5.74) is 0. The van der Waals surface area contributed by atoms with Gasteiger partial charge in [-0.3, -0.25) is 0 Å². The molecular weight excluding hydrogens is 503 g/mol. The minimum Gasteiger partial charge on any atom is -0.489 e. The van der Waals surface area contributed by atoms with Gasteiger partial charge in [0.05, 0.1) is 6.54 Å². The quantitative estimate of drug-likeness (QED) is 0.322. The number of nitrogens with one attached hydrogen (secondary N) is 2. The first kappa shape index (κ1) is 23.7. The Bertz CT molecular complexity index is 789. The lowest BCUT2D eigenvalue weighted by Crippen LogP contribution is -2.45. The number of rotatable bonds is 7. The molecule has 0 aliphatic heterocycles. The van der Waals surface area contributed by atoms with E-state index in [2.05, 4.69) is 20.8 Å². The summed E-state index contributed by atoms with van der Waals surface area (Å²) in [7, 11) is 1.96. The fraction of sp³-hybridized carbons (Fsp3) is 0.550. The van der Waals surface area contributed by atoms with Crippen molar-refractivity contribution in [2.75, 3.05) is 6.54 Å². The predicted molar refractivity (Wildman–Crippen MR) is 127 cm³/mol. The Kier molecular flexibility index (Phi) is 9.48. The molecule has 0 amide bonds. The minimum absolute atomic E-state index is 0. The molecule has 1 unspecified atom stereocenters. The summed E-state index contributed by atoms with van der Waals surface area (Å²) in [5, 5.41) is 15.9. The number of guanidine groups is 1. The largest absolute Gasteiger partial charge is 0.489 e. The van der Waals surface area contributed by atoms with E-state index >= 15 is 0 Å². The van der Waals surface area contributed by atoms with Crippen LogP contribution in [0.1, 0.15) is 44.3 Å². The van der Waals surface area contributed by atoms with Crippen LogP contribution in [-0.2, 0) is 13.6 Å². The first-order chi connectivity index (χ1) is 13.5. The van der Waals surface area contributed by atoms with Crippen molar-refractivity contribution in [3.05, 3.63) is 40.9 Å². The number of ether oxygens (including phenoxy) is 1. The maximum absolute atomic E-state index is 5.94. The van der Waals surface area contributed by atoms with Crippen LogP contribution >= 0.6 is 35.6 Å². The lowest BCUT2D eigenvalue weighted by molar-refractivity contribution is 0.223. The number of aromatic nitrogens is 3. The highest BCUT2D eigenvalue weighted by atomic mass is 127. The van der Waals surface area contributed by atoms with Gasteiger partial charge >= 0.3 is 0 Å². The van der Waals surface area contributed by atoms with Crippen LogP contribution in [0.25, 0.3) is 0 Å².